The van der Waals surface area contributed by atoms with Crippen molar-refractivity contribution in [3.8, 4) is 0 Å². The van der Waals surface area contributed by atoms with E-state index in [2.05, 4.69) is 0 Å². The minimum absolute atomic E-state index is 0.0435. The molecular formula is C10H20N2O2S. The molecule has 0 aliphatic rings. The summed E-state index contributed by atoms with van der Waals surface area (Å²) < 4.78 is 0. The van der Waals surface area contributed by atoms with Crippen LogP contribution in [-0.4, -0.2) is 46.9 Å². The molecule has 88 valence electrons. The Morgan fingerprint density at radius 1 is 1.13 bits per heavy atom. The van der Waals surface area contributed by atoms with Crippen molar-refractivity contribution in [2.75, 3.05) is 19.8 Å². The lowest BCUT2D eigenvalue weighted by Crippen LogP contribution is -2.45. The molecule has 0 spiro atoms. The molecule has 0 radical (unpaired) electrons. The molecule has 0 atom stereocenters. The third-order valence-electron chi connectivity index (χ3n) is 2.01. The highest BCUT2D eigenvalue weighted by molar-refractivity contribution is 8.00. The van der Waals surface area contributed by atoms with E-state index in [1.165, 1.54) is 10.0 Å². The predicted molar refractivity (Wildman–Crippen MR) is 63.4 cm³/mol. The molecule has 0 N–H and O–H groups in total. The van der Waals surface area contributed by atoms with Gasteiger partial charge in [0.25, 0.3) is 5.91 Å². The normalized spacial score (nSPS) is 10.3. The summed E-state index contributed by atoms with van der Waals surface area (Å²) in [5.41, 5.74) is 0. The number of thioether (sulfide) groups is 1. The van der Waals surface area contributed by atoms with Gasteiger partial charge >= 0.3 is 0 Å². The van der Waals surface area contributed by atoms with Crippen molar-refractivity contribution in [2.24, 2.45) is 0 Å². The summed E-state index contributed by atoms with van der Waals surface area (Å²) in [6.45, 7) is 5.86. The maximum atomic E-state index is 11.6. The van der Waals surface area contributed by atoms with Crippen molar-refractivity contribution >= 4 is 23.6 Å². The summed E-state index contributed by atoms with van der Waals surface area (Å²) in [7, 11) is 3.24. The monoisotopic (exact) mass is 232 g/mol. The minimum Gasteiger partial charge on any atom is -0.273 e. The van der Waals surface area contributed by atoms with Crippen LogP contribution in [0.1, 0.15) is 27.2 Å². The van der Waals surface area contributed by atoms with Crippen LogP contribution < -0.4 is 0 Å². The van der Waals surface area contributed by atoms with Gasteiger partial charge in [0, 0.05) is 20.5 Å². The zero-order valence-electron chi connectivity index (χ0n) is 10.1. The molecule has 0 heterocycles. The number of rotatable bonds is 4. The Balaban J connectivity index is 4.13. The number of hydrogen-bond donors (Lipinski definition) is 0. The van der Waals surface area contributed by atoms with Crippen LogP contribution in [0, 0.1) is 0 Å². The third-order valence-corrected chi connectivity index (χ3v) is 3.09. The molecule has 0 aliphatic carbocycles. The fourth-order valence-electron chi connectivity index (χ4n) is 0.895. The standard InChI is InChI=1S/C10H20N2O2S/c1-6-9(13)11(4)12(5)10(14)7-15-8(2)3/h8H,6-7H2,1-5H3. The van der Waals surface area contributed by atoms with Crippen LogP contribution in [0.4, 0.5) is 0 Å². The first-order valence-corrected chi connectivity index (χ1v) is 6.09. The molecular weight excluding hydrogens is 212 g/mol. The van der Waals surface area contributed by atoms with Gasteiger partial charge in [-0.2, -0.15) is 0 Å². The van der Waals surface area contributed by atoms with Crippen LogP contribution >= 0.6 is 11.8 Å². The van der Waals surface area contributed by atoms with Crippen molar-refractivity contribution in [3.05, 3.63) is 0 Å². The number of hydrazine groups is 1. The maximum absolute atomic E-state index is 11.6. The lowest BCUT2D eigenvalue weighted by molar-refractivity contribution is -0.155. The average molecular weight is 232 g/mol. The molecule has 0 aromatic carbocycles. The van der Waals surface area contributed by atoms with E-state index in [0.29, 0.717) is 17.4 Å². The molecule has 5 heteroatoms. The molecule has 0 aromatic heterocycles. The summed E-state index contributed by atoms with van der Waals surface area (Å²) in [6.07, 6.45) is 0.408. The summed E-state index contributed by atoms with van der Waals surface area (Å²) >= 11 is 1.58. The Bertz CT molecular complexity index is 231. The highest BCUT2D eigenvalue weighted by Gasteiger charge is 2.17. The van der Waals surface area contributed by atoms with Gasteiger partial charge in [-0.25, -0.2) is 0 Å². The number of nitrogens with zero attached hydrogens (tertiary/aromatic N) is 2. The van der Waals surface area contributed by atoms with E-state index in [-0.39, 0.29) is 11.8 Å². The van der Waals surface area contributed by atoms with Crippen LogP contribution in [0.2, 0.25) is 0 Å². The largest absolute Gasteiger partial charge is 0.273 e. The van der Waals surface area contributed by atoms with Crippen molar-refractivity contribution in [1.82, 2.24) is 10.0 Å². The molecule has 4 nitrogen and oxygen atoms in total. The number of amides is 2. The van der Waals surface area contributed by atoms with Crippen LogP contribution in [0.5, 0.6) is 0 Å². The number of carbonyl (C=O) groups is 2. The first kappa shape index (κ1) is 14.3. The number of carbonyl (C=O) groups excluding carboxylic acids is 2. The highest BCUT2D eigenvalue weighted by atomic mass is 32.2. The smallest absolute Gasteiger partial charge is 0.250 e. The van der Waals surface area contributed by atoms with Gasteiger partial charge in [-0.15, -0.1) is 11.8 Å². The quantitative estimate of drug-likeness (QED) is 0.687. The van der Waals surface area contributed by atoms with Crippen LogP contribution in [0.25, 0.3) is 0 Å². The Hall–Kier alpha value is -0.710. The van der Waals surface area contributed by atoms with E-state index in [1.54, 1.807) is 32.8 Å². The SMILES string of the molecule is CCC(=O)N(C)N(C)C(=O)CSC(C)C. The molecule has 0 unspecified atom stereocenters. The van der Waals surface area contributed by atoms with E-state index >= 15 is 0 Å². The van der Waals surface area contributed by atoms with E-state index in [4.69, 9.17) is 0 Å². The molecule has 15 heavy (non-hydrogen) atoms. The van der Waals surface area contributed by atoms with E-state index < -0.39 is 0 Å². The molecule has 0 aromatic rings. The summed E-state index contributed by atoms with van der Waals surface area (Å²) in [4.78, 5) is 22.9. The summed E-state index contributed by atoms with van der Waals surface area (Å²) in [5, 5.41) is 3.17. The van der Waals surface area contributed by atoms with Crippen molar-refractivity contribution < 1.29 is 9.59 Å². The van der Waals surface area contributed by atoms with Crippen LogP contribution in [0.15, 0.2) is 0 Å². The van der Waals surface area contributed by atoms with Gasteiger partial charge in [-0.1, -0.05) is 20.8 Å². The zero-order valence-corrected chi connectivity index (χ0v) is 10.9. The Morgan fingerprint density at radius 2 is 1.60 bits per heavy atom. The molecule has 0 saturated heterocycles. The lowest BCUT2D eigenvalue weighted by atomic mass is 10.4. The average Bonchev–Trinajstić information content (AvgIpc) is 2.22. The minimum atomic E-state index is -0.0552. The maximum Gasteiger partial charge on any atom is 0.250 e. The fourth-order valence-corrected chi connectivity index (χ4v) is 1.56. The highest BCUT2D eigenvalue weighted by Crippen LogP contribution is 2.10. The van der Waals surface area contributed by atoms with Gasteiger partial charge < -0.3 is 0 Å². The first-order valence-electron chi connectivity index (χ1n) is 5.04. The van der Waals surface area contributed by atoms with Crippen molar-refractivity contribution in [2.45, 2.75) is 32.4 Å². The summed E-state index contributed by atoms with van der Waals surface area (Å²) in [5.74, 6) is 0.313. The molecule has 0 aliphatic heterocycles. The third kappa shape index (κ3) is 5.06. The van der Waals surface area contributed by atoms with E-state index in [0.717, 1.165) is 0 Å². The van der Waals surface area contributed by atoms with Gasteiger partial charge in [0.2, 0.25) is 5.91 Å². The van der Waals surface area contributed by atoms with E-state index in [9.17, 15) is 9.59 Å². The molecule has 0 fully saturated rings. The second-order valence-corrected chi connectivity index (χ2v) is 5.11. The van der Waals surface area contributed by atoms with Crippen molar-refractivity contribution in [3.63, 3.8) is 0 Å². The van der Waals surface area contributed by atoms with Gasteiger partial charge in [0.1, 0.15) is 0 Å². The Morgan fingerprint density at radius 3 is 2.00 bits per heavy atom. The van der Waals surface area contributed by atoms with Gasteiger partial charge in [-0.3, -0.25) is 19.6 Å². The van der Waals surface area contributed by atoms with E-state index in [1.807, 2.05) is 13.8 Å². The zero-order chi connectivity index (χ0) is 12.0. The first-order chi connectivity index (χ1) is 6.90. The molecule has 0 saturated carbocycles. The second kappa shape index (κ2) is 6.71. The predicted octanol–water partition coefficient (Wildman–Crippen LogP) is 1.37. The van der Waals surface area contributed by atoms with Gasteiger partial charge in [0.15, 0.2) is 0 Å². The Kier molecular flexibility index (Phi) is 6.40. The van der Waals surface area contributed by atoms with Gasteiger partial charge in [0.05, 0.1) is 5.75 Å². The number of hydrogen-bond acceptors (Lipinski definition) is 3. The summed E-state index contributed by atoms with van der Waals surface area (Å²) in [6, 6.07) is 0. The van der Waals surface area contributed by atoms with Crippen molar-refractivity contribution in [1.29, 1.82) is 0 Å². The second-order valence-electron chi connectivity index (χ2n) is 3.55. The molecule has 0 bridgehead atoms. The van der Waals surface area contributed by atoms with Gasteiger partial charge in [-0.05, 0) is 5.25 Å². The topological polar surface area (TPSA) is 40.6 Å². The lowest BCUT2D eigenvalue weighted by Gasteiger charge is -2.28. The Labute approximate surface area is 96.0 Å². The molecule has 2 amide bonds. The molecule has 0 rings (SSSR count). The van der Waals surface area contributed by atoms with Crippen LogP contribution in [-0.2, 0) is 9.59 Å². The van der Waals surface area contributed by atoms with Crippen LogP contribution in [0.3, 0.4) is 0 Å². The fraction of sp³-hybridized carbons (Fsp3) is 0.800.